The lowest BCUT2D eigenvalue weighted by Gasteiger charge is -2.32. The van der Waals surface area contributed by atoms with Crippen molar-refractivity contribution in [3.8, 4) is 10.8 Å². The van der Waals surface area contributed by atoms with Crippen LogP contribution in [0.15, 0.2) is 57.7 Å². The second-order valence-electron chi connectivity index (χ2n) is 6.93. The largest absolute Gasteiger partial charge is 0.440 e. The van der Waals surface area contributed by atoms with Crippen molar-refractivity contribution in [2.45, 2.75) is 13.5 Å². The van der Waals surface area contributed by atoms with E-state index in [9.17, 15) is 8.42 Å². The molecule has 152 valence electrons. The molecule has 0 saturated carbocycles. The second kappa shape index (κ2) is 8.62. The van der Waals surface area contributed by atoms with Crippen LogP contribution < -0.4 is 0 Å². The summed E-state index contributed by atoms with van der Waals surface area (Å²) in [5.41, 5.74) is 1.78. The molecule has 2 aromatic heterocycles. The van der Waals surface area contributed by atoms with Gasteiger partial charge in [-0.15, -0.1) is 11.3 Å². The molecule has 29 heavy (non-hydrogen) atoms. The number of piperazine rings is 1. The van der Waals surface area contributed by atoms with E-state index in [1.807, 2.05) is 54.8 Å². The van der Waals surface area contributed by atoms with Crippen LogP contribution in [0.2, 0.25) is 0 Å². The van der Waals surface area contributed by atoms with Crippen LogP contribution in [0.4, 0.5) is 0 Å². The Morgan fingerprint density at radius 3 is 2.55 bits per heavy atom. The lowest BCUT2D eigenvalue weighted by atomic mass is 10.2. The van der Waals surface area contributed by atoms with Crippen LogP contribution >= 0.6 is 11.3 Å². The quantitative estimate of drug-likeness (QED) is 0.596. The third-order valence-corrected chi connectivity index (χ3v) is 7.34. The van der Waals surface area contributed by atoms with Gasteiger partial charge in [-0.3, -0.25) is 4.90 Å². The van der Waals surface area contributed by atoms with Crippen LogP contribution in [0.5, 0.6) is 0 Å². The molecule has 1 aliphatic rings. The van der Waals surface area contributed by atoms with Crippen molar-refractivity contribution >= 4 is 27.4 Å². The zero-order valence-electron chi connectivity index (χ0n) is 16.2. The minimum atomic E-state index is -3.42. The molecule has 1 saturated heterocycles. The molecule has 0 atom stereocenters. The van der Waals surface area contributed by atoms with Crippen LogP contribution in [0, 0.1) is 6.92 Å². The van der Waals surface area contributed by atoms with Gasteiger partial charge in [-0.25, -0.2) is 13.4 Å². The highest BCUT2D eigenvalue weighted by Gasteiger charge is 2.26. The maximum Gasteiger partial charge on any atom is 0.236 e. The van der Waals surface area contributed by atoms with Crippen LogP contribution in [-0.4, -0.2) is 48.8 Å². The standard InChI is InChI=1S/C21H23N3O3S2/c1-17-19(22-21(27-17)20-8-5-14-28-20)16-23-10-12-24(13-11-23)29(25,26)15-9-18-6-3-2-4-7-18/h2-9,14-15H,10-13,16H2,1H3. The van der Waals surface area contributed by atoms with E-state index in [4.69, 9.17) is 4.42 Å². The van der Waals surface area contributed by atoms with Gasteiger partial charge in [0, 0.05) is 38.1 Å². The van der Waals surface area contributed by atoms with Crippen LogP contribution in [-0.2, 0) is 16.6 Å². The molecule has 6 nitrogen and oxygen atoms in total. The maximum atomic E-state index is 12.6. The van der Waals surface area contributed by atoms with Crippen LogP contribution in [0.1, 0.15) is 17.0 Å². The van der Waals surface area contributed by atoms with Crippen molar-refractivity contribution in [2.75, 3.05) is 26.2 Å². The Morgan fingerprint density at radius 2 is 1.86 bits per heavy atom. The Morgan fingerprint density at radius 1 is 1.10 bits per heavy atom. The summed E-state index contributed by atoms with van der Waals surface area (Å²) in [6.45, 7) is 4.85. The second-order valence-corrected chi connectivity index (χ2v) is 9.70. The fraction of sp³-hybridized carbons (Fsp3) is 0.286. The zero-order valence-corrected chi connectivity index (χ0v) is 17.8. The molecule has 0 bridgehead atoms. The van der Waals surface area contributed by atoms with Crippen molar-refractivity contribution in [3.63, 3.8) is 0 Å². The number of rotatable bonds is 6. The van der Waals surface area contributed by atoms with E-state index in [1.165, 1.54) is 9.71 Å². The van der Waals surface area contributed by atoms with Gasteiger partial charge in [0.25, 0.3) is 0 Å². The van der Waals surface area contributed by atoms with E-state index in [2.05, 4.69) is 9.88 Å². The number of benzene rings is 1. The Kier molecular flexibility index (Phi) is 5.96. The van der Waals surface area contributed by atoms with Crippen molar-refractivity contribution in [2.24, 2.45) is 0 Å². The maximum absolute atomic E-state index is 12.6. The molecule has 0 unspecified atom stereocenters. The van der Waals surface area contributed by atoms with E-state index in [1.54, 1.807) is 17.4 Å². The highest BCUT2D eigenvalue weighted by Crippen LogP contribution is 2.26. The molecule has 0 amide bonds. The fourth-order valence-corrected chi connectivity index (χ4v) is 5.07. The molecule has 8 heteroatoms. The summed E-state index contributed by atoms with van der Waals surface area (Å²) < 4.78 is 32.6. The van der Waals surface area contributed by atoms with Gasteiger partial charge < -0.3 is 4.42 Å². The molecule has 0 N–H and O–H groups in total. The molecular formula is C21H23N3O3S2. The number of nitrogens with zero attached hydrogens (tertiary/aromatic N) is 3. The fourth-order valence-electron chi connectivity index (χ4n) is 3.25. The van der Waals surface area contributed by atoms with E-state index < -0.39 is 10.0 Å². The molecule has 1 fully saturated rings. The van der Waals surface area contributed by atoms with Crippen molar-refractivity contribution in [1.82, 2.24) is 14.2 Å². The monoisotopic (exact) mass is 429 g/mol. The van der Waals surface area contributed by atoms with Gasteiger partial charge in [0.15, 0.2) is 0 Å². The van der Waals surface area contributed by atoms with Crippen molar-refractivity contribution in [1.29, 1.82) is 0 Å². The van der Waals surface area contributed by atoms with E-state index in [-0.39, 0.29) is 0 Å². The minimum Gasteiger partial charge on any atom is -0.440 e. The first-order chi connectivity index (χ1) is 14.0. The average molecular weight is 430 g/mol. The number of oxazole rings is 1. The van der Waals surface area contributed by atoms with Gasteiger partial charge in [0.1, 0.15) is 5.76 Å². The lowest BCUT2D eigenvalue weighted by Crippen LogP contribution is -2.47. The number of hydrogen-bond donors (Lipinski definition) is 0. The number of sulfonamides is 1. The van der Waals surface area contributed by atoms with Gasteiger partial charge in [-0.05, 0) is 30.0 Å². The van der Waals surface area contributed by atoms with Crippen LogP contribution in [0.25, 0.3) is 16.8 Å². The topological polar surface area (TPSA) is 66.7 Å². The van der Waals surface area contributed by atoms with E-state index >= 15 is 0 Å². The minimum absolute atomic E-state index is 0.468. The number of hydrogen-bond acceptors (Lipinski definition) is 6. The Bertz CT molecular complexity index is 1070. The van der Waals surface area contributed by atoms with Crippen molar-refractivity contribution < 1.29 is 12.8 Å². The molecule has 3 aromatic rings. The summed E-state index contributed by atoms with van der Waals surface area (Å²) in [6.07, 6.45) is 1.65. The first kappa shape index (κ1) is 20.0. The predicted molar refractivity (Wildman–Crippen MR) is 116 cm³/mol. The molecule has 0 spiro atoms. The SMILES string of the molecule is Cc1oc(-c2cccs2)nc1CN1CCN(S(=O)(=O)C=Cc2ccccc2)CC1. The highest BCUT2D eigenvalue weighted by molar-refractivity contribution is 7.92. The third kappa shape index (κ3) is 4.84. The Hall–Kier alpha value is -2.26. The summed E-state index contributed by atoms with van der Waals surface area (Å²) in [5.74, 6) is 1.47. The molecular weight excluding hydrogens is 406 g/mol. The molecule has 0 radical (unpaired) electrons. The molecule has 1 aromatic carbocycles. The summed E-state index contributed by atoms with van der Waals surface area (Å²) in [5, 5.41) is 3.30. The van der Waals surface area contributed by atoms with Gasteiger partial charge >= 0.3 is 0 Å². The van der Waals surface area contributed by atoms with E-state index in [0.29, 0.717) is 38.6 Å². The smallest absolute Gasteiger partial charge is 0.236 e. The van der Waals surface area contributed by atoms with E-state index in [0.717, 1.165) is 21.9 Å². The van der Waals surface area contributed by atoms with Gasteiger partial charge in [0.05, 0.1) is 10.6 Å². The first-order valence-electron chi connectivity index (χ1n) is 9.47. The summed E-state index contributed by atoms with van der Waals surface area (Å²) in [6, 6.07) is 13.4. The summed E-state index contributed by atoms with van der Waals surface area (Å²) in [7, 11) is -3.42. The summed E-state index contributed by atoms with van der Waals surface area (Å²) in [4.78, 5) is 7.87. The lowest BCUT2D eigenvalue weighted by molar-refractivity contribution is 0.180. The third-order valence-electron chi connectivity index (χ3n) is 4.92. The number of thiophene rings is 1. The Balaban J connectivity index is 1.35. The van der Waals surface area contributed by atoms with Gasteiger partial charge in [0.2, 0.25) is 15.9 Å². The van der Waals surface area contributed by atoms with Crippen molar-refractivity contribution in [3.05, 3.63) is 70.3 Å². The number of aromatic nitrogens is 1. The predicted octanol–water partition coefficient (Wildman–Crippen LogP) is 3.83. The highest BCUT2D eigenvalue weighted by atomic mass is 32.2. The summed E-state index contributed by atoms with van der Waals surface area (Å²) >= 11 is 1.60. The van der Waals surface area contributed by atoms with Crippen LogP contribution in [0.3, 0.4) is 0 Å². The van der Waals surface area contributed by atoms with Gasteiger partial charge in [-0.1, -0.05) is 36.4 Å². The molecule has 0 aliphatic carbocycles. The zero-order chi connectivity index (χ0) is 20.3. The Labute approximate surface area is 175 Å². The molecule has 1 aliphatic heterocycles. The van der Waals surface area contributed by atoms with Gasteiger partial charge in [-0.2, -0.15) is 4.31 Å². The first-order valence-corrected chi connectivity index (χ1v) is 11.9. The average Bonchev–Trinajstić information content (AvgIpc) is 3.38. The number of aryl methyl sites for hydroxylation is 1. The normalized spacial score (nSPS) is 16.6. The molecule has 4 rings (SSSR count). The molecule has 3 heterocycles.